The standard InChI is InChI=1S/C27H37N3O6/c1-20(31)22-11-12-23(24(17-22)34-5)35-16-7-10-25(32)29-14-8-15-30(26(33)36-27(2,3)4)19-21-9-6-13-28-18-21/h6,9,11-13,17-18H,7-8,10,14-16,19H2,1-5H3,(H,29,32). The second kappa shape index (κ2) is 14.1. The molecule has 0 fully saturated rings. The number of amides is 2. The summed E-state index contributed by atoms with van der Waals surface area (Å²) in [5, 5.41) is 2.88. The molecule has 1 N–H and O–H groups in total. The highest BCUT2D eigenvalue weighted by molar-refractivity contribution is 5.94. The summed E-state index contributed by atoms with van der Waals surface area (Å²) < 4.78 is 16.5. The average molecular weight is 500 g/mol. The number of carbonyl (C=O) groups excluding carboxylic acids is 3. The van der Waals surface area contributed by atoms with E-state index in [0.29, 0.717) is 62.6 Å². The quantitative estimate of drug-likeness (QED) is 0.322. The van der Waals surface area contributed by atoms with Crippen LogP contribution in [0.5, 0.6) is 11.5 Å². The molecule has 0 radical (unpaired) electrons. The minimum atomic E-state index is -0.597. The van der Waals surface area contributed by atoms with Gasteiger partial charge in [-0.1, -0.05) is 6.07 Å². The van der Waals surface area contributed by atoms with Crippen molar-refractivity contribution in [1.29, 1.82) is 0 Å². The highest BCUT2D eigenvalue weighted by atomic mass is 16.6. The third-order valence-electron chi connectivity index (χ3n) is 5.05. The van der Waals surface area contributed by atoms with Crippen molar-refractivity contribution in [2.75, 3.05) is 26.8 Å². The number of ether oxygens (including phenoxy) is 3. The van der Waals surface area contributed by atoms with E-state index in [1.54, 1.807) is 35.5 Å². The predicted octanol–water partition coefficient (Wildman–Crippen LogP) is 4.40. The number of Topliss-reactive ketones (excluding diaryl/α,β-unsaturated/α-hetero) is 1. The first-order valence-corrected chi connectivity index (χ1v) is 12.0. The molecule has 36 heavy (non-hydrogen) atoms. The summed E-state index contributed by atoms with van der Waals surface area (Å²) in [6.07, 6.45) is 4.41. The lowest BCUT2D eigenvalue weighted by molar-refractivity contribution is -0.121. The van der Waals surface area contributed by atoms with Crippen molar-refractivity contribution >= 4 is 17.8 Å². The summed E-state index contributed by atoms with van der Waals surface area (Å²) >= 11 is 0. The number of nitrogens with one attached hydrogen (secondary N) is 1. The van der Waals surface area contributed by atoms with E-state index in [2.05, 4.69) is 10.3 Å². The molecule has 0 atom stereocenters. The summed E-state index contributed by atoms with van der Waals surface area (Å²) in [6.45, 7) is 8.56. The number of rotatable bonds is 13. The van der Waals surface area contributed by atoms with E-state index >= 15 is 0 Å². The zero-order valence-electron chi connectivity index (χ0n) is 21.8. The van der Waals surface area contributed by atoms with Crippen molar-refractivity contribution in [2.45, 2.75) is 59.1 Å². The highest BCUT2D eigenvalue weighted by Crippen LogP contribution is 2.28. The molecule has 196 valence electrons. The fourth-order valence-corrected chi connectivity index (χ4v) is 3.28. The Hall–Kier alpha value is -3.62. The molecule has 0 bridgehead atoms. The third-order valence-corrected chi connectivity index (χ3v) is 5.05. The van der Waals surface area contributed by atoms with Crippen molar-refractivity contribution < 1.29 is 28.6 Å². The molecule has 2 aromatic rings. The summed E-state index contributed by atoms with van der Waals surface area (Å²) in [7, 11) is 1.51. The summed E-state index contributed by atoms with van der Waals surface area (Å²) in [6, 6.07) is 8.74. The maximum absolute atomic E-state index is 12.6. The molecule has 9 heteroatoms. The molecule has 1 aromatic heterocycles. The highest BCUT2D eigenvalue weighted by Gasteiger charge is 2.22. The van der Waals surface area contributed by atoms with E-state index in [0.717, 1.165) is 5.56 Å². The molecule has 0 aliphatic heterocycles. The van der Waals surface area contributed by atoms with Crippen LogP contribution >= 0.6 is 0 Å². The molecule has 0 aliphatic carbocycles. The molecule has 0 aliphatic rings. The van der Waals surface area contributed by atoms with Gasteiger partial charge in [0.1, 0.15) is 5.60 Å². The Morgan fingerprint density at radius 3 is 2.50 bits per heavy atom. The Balaban J connectivity index is 1.74. The number of benzene rings is 1. The van der Waals surface area contributed by atoms with Crippen LogP contribution in [0.1, 0.15) is 62.9 Å². The van der Waals surface area contributed by atoms with E-state index in [9.17, 15) is 14.4 Å². The first-order chi connectivity index (χ1) is 17.1. The Bertz CT molecular complexity index is 1000. The Morgan fingerprint density at radius 2 is 1.86 bits per heavy atom. The summed E-state index contributed by atoms with van der Waals surface area (Å²) in [5.41, 5.74) is 0.851. The topological polar surface area (TPSA) is 107 Å². The maximum atomic E-state index is 12.6. The Labute approximate surface area is 213 Å². The monoisotopic (exact) mass is 499 g/mol. The molecule has 1 heterocycles. The first-order valence-electron chi connectivity index (χ1n) is 12.0. The molecule has 0 spiro atoms. The van der Waals surface area contributed by atoms with Crippen LogP contribution in [0.4, 0.5) is 4.79 Å². The van der Waals surface area contributed by atoms with Gasteiger partial charge in [-0.3, -0.25) is 14.6 Å². The number of aromatic nitrogens is 1. The molecule has 0 saturated heterocycles. The van der Waals surface area contributed by atoms with E-state index in [1.807, 2.05) is 32.9 Å². The lowest BCUT2D eigenvalue weighted by Gasteiger charge is -2.27. The van der Waals surface area contributed by atoms with E-state index in [4.69, 9.17) is 14.2 Å². The van der Waals surface area contributed by atoms with Crippen LogP contribution in [0.15, 0.2) is 42.7 Å². The van der Waals surface area contributed by atoms with E-state index < -0.39 is 11.7 Å². The molecule has 0 unspecified atom stereocenters. The van der Waals surface area contributed by atoms with Gasteiger partial charge in [0.05, 0.1) is 20.3 Å². The molecule has 0 saturated carbocycles. The van der Waals surface area contributed by atoms with Gasteiger partial charge < -0.3 is 24.4 Å². The number of ketones is 1. The third kappa shape index (κ3) is 10.3. The van der Waals surface area contributed by atoms with Crippen molar-refractivity contribution in [2.24, 2.45) is 0 Å². The predicted molar refractivity (Wildman–Crippen MR) is 136 cm³/mol. The molecule has 2 rings (SSSR count). The number of hydrogen-bond donors (Lipinski definition) is 1. The fraction of sp³-hybridized carbons (Fsp3) is 0.481. The normalized spacial score (nSPS) is 10.9. The SMILES string of the molecule is COc1cc(C(C)=O)ccc1OCCCC(=O)NCCCN(Cc1cccnc1)C(=O)OC(C)(C)C. The molecule has 1 aromatic carbocycles. The molecular formula is C27H37N3O6. The van der Waals surface area contributed by atoms with Gasteiger partial charge in [0, 0.05) is 37.5 Å². The lowest BCUT2D eigenvalue weighted by atomic mass is 10.1. The van der Waals surface area contributed by atoms with Gasteiger partial charge >= 0.3 is 6.09 Å². The number of methoxy groups -OCH3 is 1. The maximum Gasteiger partial charge on any atom is 0.410 e. The zero-order valence-corrected chi connectivity index (χ0v) is 21.8. The van der Waals surface area contributed by atoms with Crippen LogP contribution in [0.3, 0.4) is 0 Å². The summed E-state index contributed by atoms with van der Waals surface area (Å²) in [5.74, 6) is 0.864. The first kappa shape index (κ1) is 28.6. The van der Waals surface area contributed by atoms with Gasteiger partial charge in [-0.15, -0.1) is 0 Å². The van der Waals surface area contributed by atoms with Crippen LogP contribution in [0.25, 0.3) is 0 Å². The zero-order chi connectivity index (χ0) is 26.6. The minimum absolute atomic E-state index is 0.0530. The van der Waals surface area contributed by atoms with Crippen LogP contribution in [-0.4, -0.2) is 60.1 Å². The van der Waals surface area contributed by atoms with E-state index in [-0.39, 0.29) is 11.7 Å². The second-order valence-corrected chi connectivity index (χ2v) is 9.34. The van der Waals surface area contributed by atoms with Gasteiger partial charge in [-0.25, -0.2) is 4.79 Å². The van der Waals surface area contributed by atoms with Crippen LogP contribution in [0.2, 0.25) is 0 Å². The largest absolute Gasteiger partial charge is 0.493 e. The second-order valence-electron chi connectivity index (χ2n) is 9.34. The van der Waals surface area contributed by atoms with Crippen molar-refractivity contribution in [3.05, 3.63) is 53.9 Å². The van der Waals surface area contributed by atoms with Crippen LogP contribution in [0, 0.1) is 0 Å². The van der Waals surface area contributed by atoms with Crippen molar-refractivity contribution in [1.82, 2.24) is 15.2 Å². The van der Waals surface area contributed by atoms with E-state index in [1.165, 1.54) is 14.0 Å². The average Bonchev–Trinajstić information content (AvgIpc) is 2.83. The number of hydrogen-bond acceptors (Lipinski definition) is 7. The molecular weight excluding hydrogens is 462 g/mol. The van der Waals surface area contributed by atoms with Gasteiger partial charge in [-0.2, -0.15) is 0 Å². The fourth-order valence-electron chi connectivity index (χ4n) is 3.28. The van der Waals surface area contributed by atoms with Crippen molar-refractivity contribution in [3.63, 3.8) is 0 Å². The Morgan fingerprint density at radius 1 is 1.08 bits per heavy atom. The summed E-state index contributed by atoms with van der Waals surface area (Å²) in [4.78, 5) is 42.1. The minimum Gasteiger partial charge on any atom is -0.493 e. The van der Waals surface area contributed by atoms with Gasteiger partial charge in [-0.05, 0) is 70.4 Å². The van der Waals surface area contributed by atoms with Crippen molar-refractivity contribution in [3.8, 4) is 11.5 Å². The van der Waals surface area contributed by atoms with Gasteiger partial charge in [0.15, 0.2) is 17.3 Å². The number of pyridine rings is 1. The van der Waals surface area contributed by atoms with Gasteiger partial charge in [0.2, 0.25) is 5.91 Å². The Kier molecular flexibility index (Phi) is 11.2. The van der Waals surface area contributed by atoms with Crippen LogP contribution < -0.4 is 14.8 Å². The lowest BCUT2D eigenvalue weighted by Crippen LogP contribution is -2.38. The molecule has 9 nitrogen and oxygen atoms in total. The van der Waals surface area contributed by atoms with Crippen LogP contribution in [-0.2, 0) is 16.1 Å². The number of carbonyl (C=O) groups is 3. The number of nitrogens with zero attached hydrogens (tertiary/aromatic N) is 2. The van der Waals surface area contributed by atoms with Gasteiger partial charge in [0.25, 0.3) is 0 Å². The smallest absolute Gasteiger partial charge is 0.410 e. The molecule has 2 amide bonds.